The summed E-state index contributed by atoms with van der Waals surface area (Å²) in [5.41, 5.74) is 0.996. The topological polar surface area (TPSA) is 52.6 Å². The number of halogens is 2. The van der Waals surface area contributed by atoms with Crippen molar-refractivity contribution < 1.29 is 19.1 Å². The van der Waals surface area contributed by atoms with Crippen LogP contribution in [0.25, 0.3) is 0 Å². The molecule has 0 aromatic rings. The quantitative estimate of drug-likeness (QED) is 0.388. The second-order valence-electron chi connectivity index (χ2n) is 5.75. The maximum absolute atomic E-state index is 12.4. The average molecular weight is 434 g/mol. The van der Waals surface area contributed by atoms with E-state index >= 15 is 0 Å². The van der Waals surface area contributed by atoms with E-state index in [1.807, 2.05) is 12.2 Å². The van der Waals surface area contributed by atoms with Crippen LogP contribution in [-0.2, 0) is 19.1 Å². The van der Waals surface area contributed by atoms with Crippen molar-refractivity contribution in [2.24, 2.45) is 23.7 Å². The zero-order chi connectivity index (χ0) is 16.0. The minimum atomic E-state index is -0.388. The summed E-state index contributed by atoms with van der Waals surface area (Å²) < 4.78 is 10.4. The molecule has 120 valence electrons. The number of hydrogen-bond acceptors (Lipinski definition) is 4. The summed E-state index contributed by atoms with van der Waals surface area (Å²) in [6, 6.07) is 0. The Balaban J connectivity index is 2.05. The molecule has 0 saturated heterocycles. The molecule has 0 aliphatic heterocycles. The van der Waals surface area contributed by atoms with Crippen molar-refractivity contribution in [2.75, 3.05) is 13.2 Å². The summed E-state index contributed by atoms with van der Waals surface area (Å²) in [5.74, 6) is -0.297. The molecular weight excluding hydrogens is 416 g/mol. The molecule has 1 fully saturated rings. The van der Waals surface area contributed by atoms with Crippen LogP contribution in [0.3, 0.4) is 0 Å². The molecule has 4 aliphatic rings. The van der Waals surface area contributed by atoms with Crippen LogP contribution in [0.1, 0.15) is 13.8 Å². The van der Waals surface area contributed by atoms with E-state index in [0.717, 1.165) is 0 Å². The molecule has 4 aliphatic carbocycles. The van der Waals surface area contributed by atoms with E-state index in [2.05, 4.69) is 31.9 Å². The summed E-state index contributed by atoms with van der Waals surface area (Å²) in [7, 11) is 0. The number of rotatable bonds is 4. The predicted molar refractivity (Wildman–Crippen MR) is 88.8 cm³/mol. The average Bonchev–Trinajstić information content (AvgIpc) is 2.53. The molecule has 4 nitrogen and oxygen atoms in total. The van der Waals surface area contributed by atoms with Gasteiger partial charge >= 0.3 is 11.9 Å². The molecule has 0 aromatic carbocycles. The van der Waals surface area contributed by atoms with Gasteiger partial charge in [-0.25, -0.2) is 9.59 Å². The van der Waals surface area contributed by atoms with Crippen molar-refractivity contribution in [3.63, 3.8) is 0 Å². The third-order valence-corrected chi connectivity index (χ3v) is 7.86. The summed E-state index contributed by atoms with van der Waals surface area (Å²) in [5, 5.41) is 0. The van der Waals surface area contributed by atoms with Gasteiger partial charge in [0.1, 0.15) is 0 Å². The highest BCUT2D eigenvalue weighted by Gasteiger charge is 2.61. The van der Waals surface area contributed by atoms with E-state index in [0.29, 0.717) is 45.9 Å². The normalized spacial score (nSPS) is 38.4. The Morgan fingerprint density at radius 3 is 1.59 bits per heavy atom. The maximum atomic E-state index is 12.4. The molecule has 0 heterocycles. The molecular formula is C16H18Br2O4. The Kier molecular flexibility index (Phi) is 4.52. The van der Waals surface area contributed by atoms with E-state index in [-0.39, 0.29) is 23.8 Å². The van der Waals surface area contributed by atoms with E-state index < -0.39 is 0 Å². The summed E-state index contributed by atoms with van der Waals surface area (Å²) in [4.78, 5) is 25.4. The molecule has 0 aromatic heterocycles. The fourth-order valence-corrected chi connectivity index (χ4v) is 5.99. The molecule has 4 rings (SSSR count). The number of carbonyl (C=O) groups is 2. The van der Waals surface area contributed by atoms with Crippen LogP contribution in [-0.4, -0.2) is 34.8 Å². The predicted octanol–water partition coefficient (Wildman–Crippen LogP) is 3.00. The van der Waals surface area contributed by atoms with Crippen molar-refractivity contribution in [3.8, 4) is 0 Å². The smallest absolute Gasteiger partial charge is 0.335 e. The molecule has 6 atom stereocenters. The molecule has 0 spiro atoms. The highest BCUT2D eigenvalue weighted by atomic mass is 79.9. The van der Waals surface area contributed by atoms with Gasteiger partial charge in [0.2, 0.25) is 0 Å². The summed E-state index contributed by atoms with van der Waals surface area (Å²) in [6.07, 6.45) is 4.10. The lowest BCUT2D eigenvalue weighted by Gasteiger charge is -2.58. The SMILES string of the molecule is CCOC(=O)C1=C(C(=O)OCC)C2C=CC1C1C(Br)C(Br)C21. The van der Waals surface area contributed by atoms with Gasteiger partial charge in [-0.15, -0.1) is 0 Å². The molecule has 22 heavy (non-hydrogen) atoms. The Morgan fingerprint density at radius 2 is 1.27 bits per heavy atom. The van der Waals surface area contributed by atoms with Gasteiger partial charge in [0.05, 0.1) is 24.4 Å². The third-order valence-electron chi connectivity index (χ3n) is 4.79. The lowest BCUT2D eigenvalue weighted by molar-refractivity contribution is -0.144. The fraction of sp³-hybridized carbons (Fsp3) is 0.625. The number of ether oxygens (including phenoxy) is 2. The summed E-state index contributed by atoms with van der Waals surface area (Å²) >= 11 is 7.40. The van der Waals surface area contributed by atoms with Crippen molar-refractivity contribution >= 4 is 43.8 Å². The Morgan fingerprint density at radius 1 is 0.909 bits per heavy atom. The second-order valence-corrected chi connectivity index (χ2v) is 7.86. The zero-order valence-corrected chi connectivity index (χ0v) is 15.6. The molecule has 0 N–H and O–H groups in total. The number of allylic oxidation sites excluding steroid dienone is 2. The number of hydrogen-bond donors (Lipinski definition) is 0. The van der Waals surface area contributed by atoms with E-state index in [4.69, 9.17) is 9.47 Å². The van der Waals surface area contributed by atoms with Gasteiger partial charge in [-0.2, -0.15) is 0 Å². The first-order chi connectivity index (χ1) is 10.5. The van der Waals surface area contributed by atoms with E-state index in [9.17, 15) is 9.59 Å². The zero-order valence-electron chi connectivity index (χ0n) is 12.4. The van der Waals surface area contributed by atoms with Gasteiger partial charge in [0, 0.05) is 21.5 Å². The monoisotopic (exact) mass is 432 g/mol. The van der Waals surface area contributed by atoms with Gasteiger partial charge in [-0.3, -0.25) is 0 Å². The minimum absolute atomic E-state index is 0.0772. The van der Waals surface area contributed by atoms with Crippen LogP contribution >= 0.6 is 31.9 Å². The first-order valence-electron chi connectivity index (χ1n) is 7.57. The molecule has 1 saturated carbocycles. The highest BCUT2D eigenvalue weighted by molar-refractivity contribution is 9.12. The Bertz CT molecular complexity index is 520. The van der Waals surface area contributed by atoms with Crippen LogP contribution in [0.4, 0.5) is 0 Å². The van der Waals surface area contributed by atoms with Crippen molar-refractivity contribution in [3.05, 3.63) is 23.3 Å². The molecule has 6 heteroatoms. The van der Waals surface area contributed by atoms with E-state index in [1.165, 1.54) is 0 Å². The first-order valence-corrected chi connectivity index (χ1v) is 9.40. The van der Waals surface area contributed by atoms with Crippen LogP contribution in [0.2, 0.25) is 0 Å². The highest BCUT2D eigenvalue weighted by Crippen LogP contribution is 2.61. The maximum Gasteiger partial charge on any atom is 0.335 e. The van der Waals surface area contributed by atoms with Gasteiger partial charge in [-0.1, -0.05) is 44.0 Å². The van der Waals surface area contributed by atoms with Crippen LogP contribution < -0.4 is 0 Å². The lowest BCUT2D eigenvalue weighted by atomic mass is 9.51. The van der Waals surface area contributed by atoms with Gasteiger partial charge < -0.3 is 9.47 Å². The molecule has 0 amide bonds. The lowest BCUT2D eigenvalue weighted by Crippen LogP contribution is -2.60. The fourth-order valence-electron chi connectivity index (χ4n) is 3.92. The second kappa shape index (κ2) is 6.11. The molecule has 2 bridgehead atoms. The van der Waals surface area contributed by atoms with Gasteiger partial charge in [0.15, 0.2) is 0 Å². The molecule has 6 unspecified atom stereocenters. The number of esters is 2. The van der Waals surface area contributed by atoms with E-state index in [1.54, 1.807) is 13.8 Å². The Hall–Kier alpha value is -0.620. The van der Waals surface area contributed by atoms with Gasteiger partial charge in [-0.05, 0) is 25.7 Å². The Labute approximate surface area is 146 Å². The standard InChI is InChI=1S/C16H18Br2O4/c1-3-21-15(19)11-7-5-6-8(12(11)16(20)22-4-2)10-9(7)13(17)14(10)18/h5-10,13-14H,3-4H2,1-2H3. The first kappa shape index (κ1) is 16.2. The van der Waals surface area contributed by atoms with Crippen molar-refractivity contribution in [1.29, 1.82) is 0 Å². The van der Waals surface area contributed by atoms with Crippen molar-refractivity contribution in [1.82, 2.24) is 0 Å². The van der Waals surface area contributed by atoms with Crippen molar-refractivity contribution in [2.45, 2.75) is 23.5 Å². The number of alkyl halides is 2. The van der Waals surface area contributed by atoms with Gasteiger partial charge in [0.25, 0.3) is 0 Å². The largest absolute Gasteiger partial charge is 0.463 e. The molecule has 0 radical (unpaired) electrons. The third kappa shape index (κ3) is 2.21. The summed E-state index contributed by atoms with van der Waals surface area (Å²) in [6.45, 7) is 4.14. The minimum Gasteiger partial charge on any atom is -0.463 e. The van der Waals surface area contributed by atoms with Crippen LogP contribution in [0.15, 0.2) is 23.3 Å². The van der Waals surface area contributed by atoms with Crippen LogP contribution in [0.5, 0.6) is 0 Å². The van der Waals surface area contributed by atoms with Crippen LogP contribution in [0, 0.1) is 23.7 Å². The number of carbonyl (C=O) groups excluding carboxylic acids is 2.